The molecule has 0 saturated carbocycles. The summed E-state index contributed by atoms with van der Waals surface area (Å²) in [6, 6.07) is 12.5. The SMILES string of the molecule is Cc1cc(C)cc(N2C[C@@H](C(=O)OCC(=O)Nc3ccc(Cl)cc3)CC2=O)c1. The zero-order valence-electron chi connectivity index (χ0n) is 15.7. The minimum atomic E-state index is -0.586. The second kappa shape index (κ2) is 8.44. The first kappa shape index (κ1) is 19.9. The lowest BCUT2D eigenvalue weighted by atomic mass is 10.1. The van der Waals surface area contributed by atoms with E-state index in [1.807, 2.05) is 32.0 Å². The summed E-state index contributed by atoms with van der Waals surface area (Å²) in [6.45, 7) is 3.76. The van der Waals surface area contributed by atoms with Crippen molar-refractivity contribution in [2.75, 3.05) is 23.4 Å². The lowest BCUT2D eigenvalue weighted by Gasteiger charge is -2.18. The van der Waals surface area contributed by atoms with Gasteiger partial charge in [0.2, 0.25) is 5.91 Å². The van der Waals surface area contributed by atoms with Gasteiger partial charge >= 0.3 is 5.97 Å². The molecule has 0 unspecified atom stereocenters. The average Bonchev–Trinajstić information content (AvgIpc) is 3.03. The van der Waals surface area contributed by atoms with Gasteiger partial charge in [0.05, 0.1) is 5.92 Å². The van der Waals surface area contributed by atoms with E-state index in [1.54, 1.807) is 29.2 Å². The first-order chi connectivity index (χ1) is 13.3. The smallest absolute Gasteiger partial charge is 0.311 e. The van der Waals surface area contributed by atoms with Gasteiger partial charge in [-0.3, -0.25) is 14.4 Å². The third kappa shape index (κ3) is 4.89. The van der Waals surface area contributed by atoms with Crippen molar-refractivity contribution < 1.29 is 19.1 Å². The van der Waals surface area contributed by atoms with Gasteiger partial charge in [0.15, 0.2) is 6.61 Å². The normalized spacial score (nSPS) is 16.2. The largest absolute Gasteiger partial charge is 0.455 e. The number of rotatable bonds is 5. The molecule has 7 heteroatoms. The minimum absolute atomic E-state index is 0.0740. The molecular formula is C21H21ClN2O4. The molecule has 0 spiro atoms. The maximum absolute atomic E-state index is 12.3. The third-order valence-corrected chi connectivity index (χ3v) is 4.70. The van der Waals surface area contributed by atoms with Gasteiger partial charge < -0.3 is 15.0 Å². The molecule has 0 bridgehead atoms. The summed E-state index contributed by atoms with van der Waals surface area (Å²) in [5, 5.41) is 3.18. The van der Waals surface area contributed by atoms with Gasteiger partial charge in [-0.25, -0.2) is 0 Å². The Kier molecular flexibility index (Phi) is 5.99. The summed E-state index contributed by atoms with van der Waals surface area (Å²) in [6.07, 6.45) is 0.0740. The average molecular weight is 401 g/mol. The van der Waals surface area contributed by atoms with Gasteiger partial charge in [-0.15, -0.1) is 0 Å². The molecule has 2 aromatic rings. The molecule has 2 amide bonds. The summed E-state index contributed by atoms with van der Waals surface area (Å²) in [5.41, 5.74) is 3.43. The number of nitrogens with zero attached hydrogens (tertiary/aromatic N) is 1. The van der Waals surface area contributed by atoms with E-state index >= 15 is 0 Å². The number of hydrogen-bond acceptors (Lipinski definition) is 4. The molecule has 6 nitrogen and oxygen atoms in total. The lowest BCUT2D eigenvalue weighted by Crippen LogP contribution is -2.28. The fraction of sp³-hybridized carbons (Fsp3) is 0.286. The van der Waals surface area contributed by atoms with Crippen LogP contribution in [0.5, 0.6) is 0 Å². The number of aryl methyl sites for hydroxylation is 2. The van der Waals surface area contributed by atoms with E-state index in [0.29, 0.717) is 10.7 Å². The van der Waals surface area contributed by atoms with Crippen molar-refractivity contribution in [3.05, 3.63) is 58.6 Å². The third-order valence-electron chi connectivity index (χ3n) is 4.45. The van der Waals surface area contributed by atoms with Crippen molar-refractivity contribution in [2.45, 2.75) is 20.3 Å². The van der Waals surface area contributed by atoms with Gasteiger partial charge in [-0.1, -0.05) is 17.7 Å². The van der Waals surface area contributed by atoms with Gasteiger partial charge in [0.1, 0.15) is 0 Å². The standard InChI is InChI=1S/C21H21ClN2O4/c1-13-7-14(2)9-18(8-13)24-11-15(10-20(24)26)21(27)28-12-19(25)23-17-5-3-16(22)4-6-17/h3-9,15H,10-12H2,1-2H3,(H,23,25)/t15-/m0/s1. The second-order valence-electron chi connectivity index (χ2n) is 6.91. The van der Waals surface area contributed by atoms with E-state index in [9.17, 15) is 14.4 Å². The highest BCUT2D eigenvalue weighted by Crippen LogP contribution is 2.27. The molecule has 0 radical (unpaired) electrons. The van der Waals surface area contributed by atoms with Crippen LogP contribution in [0, 0.1) is 19.8 Å². The highest BCUT2D eigenvalue weighted by molar-refractivity contribution is 6.30. The van der Waals surface area contributed by atoms with Crippen molar-refractivity contribution in [1.29, 1.82) is 0 Å². The van der Waals surface area contributed by atoms with Crippen molar-refractivity contribution in [2.24, 2.45) is 5.92 Å². The first-order valence-corrected chi connectivity index (χ1v) is 9.30. The molecule has 3 rings (SSSR count). The summed E-state index contributed by atoms with van der Waals surface area (Å²) in [7, 11) is 0. The van der Waals surface area contributed by atoms with Crippen LogP contribution in [0.1, 0.15) is 17.5 Å². The van der Waals surface area contributed by atoms with Crippen LogP contribution in [0.3, 0.4) is 0 Å². The van der Waals surface area contributed by atoms with Gasteiger partial charge in [-0.05, 0) is 61.4 Å². The molecule has 1 saturated heterocycles. The number of carbonyl (C=O) groups excluding carboxylic acids is 3. The van der Waals surface area contributed by atoms with Crippen LogP contribution in [-0.4, -0.2) is 30.9 Å². The fourth-order valence-electron chi connectivity index (χ4n) is 3.21. The van der Waals surface area contributed by atoms with E-state index in [1.165, 1.54) is 0 Å². The maximum atomic E-state index is 12.3. The Labute approximate surface area is 168 Å². The first-order valence-electron chi connectivity index (χ1n) is 8.92. The minimum Gasteiger partial charge on any atom is -0.455 e. The van der Waals surface area contributed by atoms with Crippen molar-refractivity contribution in [1.82, 2.24) is 0 Å². The lowest BCUT2D eigenvalue weighted by molar-refractivity contribution is -0.151. The Balaban J connectivity index is 1.54. The molecule has 1 N–H and O–H groups in total. The van der Waals surface area contributed by atoms with E-state index in [0.717, 1.165) is 16.8 Å². The summed E-state index contributed by atoms with van der Waals surface area (Å²) >= 11 is 5.80. The molecule has 1 fully saturated rings. The van der Waals surface area contributed by atoms with Crippen molar-refractivity contribution in [3.8, 4) is 0 Å². The Hall–Kier alpha value is -2.86. The number of anilines is 2. The Morgan fingerprint density at radius 3 is 2.43 bits per heavy atom. The van der Waals surface area contributed by atoms with Gasteiger partial charge in [0.25, 0.3) is 5.91 Å². The van der Waals surface area contributed by atoms with E-state index in [4.69, 9.17) is 16.3 Å². The van der Waals surface area contributed by atoms with Crippen LogP contribution in [0.25, 0.3) is 0 Å². The van der Waals surface area contributed by atoms with E-state index in [2.05, 4.69) is 5.32 Å². The van der Waals surface area contributed by atoms with Crippen LogP contribution >= 0.6 is 11.6 Å². The summed E-state index contributed by atoms with van der Waals surface area (Å²) in [4.78, 5) is 38.2. The van der Waals surface area contributed by atoms with Gasteiger partial charge in [-0.2, -0.15) is 0 Å². The van der Waals surface area contributed by atoms with Crippen LogP contribution in [0.15, 0.2) is 42.5 Å². The Morgan fingerprint density at radius 1 is 1.14 bits per heavy atom. The van der Waals surface area contributed by atoms with E-state index in [-0.39, 0.29) is 18.9 Å². The topological polar surface area (TPSA) is 75.7 Å². The zero-order chi connectivity index (χ0) is 20.3. The zero-order valence-corrected chi connectivity index (χ0v) is 16.5. The number of halogens is 1. The van der Waals surface area contributed by atoms with Crippen LogP contribution in [0.2, 0.25) is 5.02 Å². The number of carbonyl (C=O) groups is 3. The molecule has 1 atom stereocenters. The molecular weight excluding hydrogens is 380 g/mol. The number of ether oxygens (including phenoxy) is 1. The number of nitrogens with one attached hydrogen (secondary N) is 1. The Morgan fingerprint density at radius 2 is 1.79 bits per heavy atom. The summed E-state index contributed by atoms with van der Waals surface area (Å²) < 4.78 is 5.11. The number of hydrogen-bond donors (Lipinski definition) is 1. The quantitative estimate of drug-likeness (QED) is 0.779. The Bertz CT molecular complexity index is 891. The van der Waals surface area contributed by atoms with E-state index < -0.39 is 24.4 Å². The predicted molar refractivity (Wildman–Crippen MR) is 107 cm³/mol. The highest BCUT2D eigenvalue weighted by Gasteiger charge is 2.36. The number of esters is 1. The predicted octanol–water partition coefficient (Wildman–Crippen LogP) is 3.49. The van der Waals surface area contributed by atoms with Crippen molar-refractivity contribution >= 4 is 40.8 Å². The monoisotopic (exact) mass is 400 g/mol. The van der Waals surface area contributed by atoms with Crippen molar-refractivity contribution in [3.63, 3.8) is 0 Å². The number of amides is 2. The summed E-state index contributed by atoms with van der Waals surface area (Å²) in [5.74, 6) is -1.72. The molecule has 0 aromatic heterocycles. The molecule has 0 aliphatic carbocycles. The van der Waals surface area contributed by atoms with Crippen LogP contribution in [0.4, 0.5) is 11.4 Å². The molecule has 1 aliphatic heterocycles. The highest BCUT2D eigenvalue weighted by atomic mass is 35.5. The molecule has 28 heavy (non-hydrogen) atoms. The fourth-order valence-corrected chi connectivity index (χ4v) is 3.33. The molecule has 1 aliphatic rings. The maximum Gasteiger partial charge on any atom is 0.311 e. The van der Waals surface area contributed by atoms with Crippen LogP contribution in [-0.2, 0) is 19.1 Å². The molecule has 146 valence electrons. The van der Waals surface area contributed by atoms with Gasteiger partial charge in [0, 0.05) is 29.4 Å². The number of benzene rings is 2. The molecule has 1 heterocycles. The molecule has 2 aromatic carbocycles. The second-order valence-corrected chi connectivity index (χ2v) is 7.35. The van der Waals surface area contributed by atoms with Crippen LogP contribution < -0.4 is 10.2 Å².